The van der Waals surface area contributed by atoms with E-state index in [4.69, 9.17) is 14.7 Å². The van der Waals surface area contributed by atoms with Gasteiger partial charge in [-0.3, -0.25) is 4.57 Å². The van der Waals surface area contributed by atoms with Crippen molar-refractivity contribution < 1.29 is 4.74 Å². The average molecular weight is 661 g/mol. The van der Waals surface area contributed by atoms with Gasteiger partial charge in [0.25, 0.3) is 0 Å². The highest BCUT2D eigenvalue weighted by Gasteiger charge is 2.39. The zero-order chi connectivity index (χ0) is 35.3. The smallest absolute Gasteiger partial charge is 0.216 e. The summed E-state index contributed by atoms with van der Waals surface area (Å²) in [4.78, 5) is 12.6. The first-order chi connectivity index (χ1) is 23.6. The molecule has 0 amide bonds. The third kappa shape index (κ3) is 4.96. The first kappa shape index (κ1) is 32.3. The molecular weight excluding hydrogens is 613 g/mol. The Morgan fingerprint density at radius 1 is 0.720 bits per heavy atom. The van der Waals surface area contributed by atoms with E-state index in [0.717, 1.165) is 34.0 Å². The number of aromatic nitrogens is 2. The highest BCUT2D eigenvalue weighted by molar-refractivity contribution is 6.11. The molecule has 0 radical (unpaired) electrons. The van der Waals surface area contributed by atoms with Crippen molar-refractivity contribution in [3.8, 4) is 5.82 Å². The van der Waals surface area contributed by atoms with Gasteiger partial charge in [0.05, 0.1) is 28.5 Å². The lowest BCUT2D eigenvalue weighted by molar-refractivity contribution is 0.236. The van der Waals surface area contributed by atoms with Gasteiger partial charge >= 0.3 is 0 Å². The van der Waals surface area contributed by atoms with Crippen LogP contribution in [0.25, 0.3) is 27.6 Å². The quantitative estimate of drug-likeness (QED) is 0.190. The number of pyridine rings is 1. The number of benzene rings is 4. The minimum atomic E-state index is -0.232. The van der Waals surface area contributed by atoms with Gasteiger partial charge in [-0.25, -0.2) is 9.98 Å². The largest absolute Gasteiger partial charge is 0.475 e. The molecule has 4 heterocycles. The first-order valence-corrected chi connectivity index (χ1v) is 17.9. The van der Waals surface area contributed by atoms with Gasteiger partial charge in [-0.15, -0.1) is 0 Å². The summed E-state index contributed by atoms with van der Waals surface area (Å²) in [6, 6.07) is 31.6. The summed E-state index contributed by atoms with van der Waals surface area (Å²) in [5.74, 6) is 1.68. The molecule has 8 rings (SSSR count). The van der Waals surface area contributed by atoms with Crippen LogP contribution in [0.4, 0.5) is 17.1 Å². The number of para-hydroxylation sites is 2. The van der Waals surface area contributed by atoms with E-state index >= 15 is 0 Å². The Bertz CT molecular complexity index is 2360. The molecule has 6 aromatic rings. The molecule has 2 aromatic heterocycles. The van der Waals surface area contributed by atoms with E-state index in [0.29, 0.717) is 6.61 Å². The van der Waals surface area contributed by atoms with Gasteiger partial charge in [0, 0.05) is 33.6 Å². The van der Waals surface area contributed by atoms with E-state index in [9.17, 15) is 0 Å². The molecule has 50 heavy (non-hydrogen) atoms. The molecule has 4 aromatic carbocycles. The van der Waals surface area contributed by atoms with Gasteiger partial charge in [0.15, 0.2) is 0 Å². The highest BCUT2D eigenvalue weighted by Crippen LogP contribution is 2.54. The van der Waals surface area contributed by atoms with Gasteiger partial charge < -0.3 is 9.64 Å². The average Bonchev–Trinajstić information content (AvgIpc) is 3.69. The van der Waals surface area contributed by atoms with E-state index < -0.39 is 0 Å². The van der Waals surface area contributed by atoms with Crippen LogP contribution < -0.4 is 4.90 Å². The highest BCUT2D eigenvalue weighted by atomic mass is 16.5. The van der Waals surface area contributed by atoms with Crippen LogP contribution >= 0.6 is 0 Å². The van der Waals surface area contributed by atoms with Gasteiger partial charge in [-0.05, 0) is 95.0 Å². The number of hydrogen-bond donors (Lipinski definition) is 0. The summed E-state index contributed by atoms with van der Waals surface area (Å²) in [7, 11) is 0. The van der Waals surface area contributed by atoms with Crippen molar-refractivity contribution in [2.45, 2.75) is 86.1 Å². The lowest BCUT2D eigenvalue weighted by Crippen LogP contribution is -2.31. The van der Waals surface area contributed by atoms with Gasteiger partial charge in [-0.2, -0.15) is 0 Å². The summed E-state index contributed by atoms with van der Waals surface area (Å²) in [5, 5.41) is 2.46. The van der Waals surface area contributed by atoms with Crippen molar-refractivity contribution in [2.75, 3.05) is 11.5 Å². The predicted molar refractivity (Wildman–Crippen MR) is 209 cm³/mol. The fourth-order valence-corrected chi connectivity index (χ4v) is 7.95. The van der Waals surface area contributed by atoms with Crippen LogP contribution in [0.1, 0.15) is 88.8 Å². The van der Waals surface area contributed by atoms with Crippen LogP contribution in [0.3, 0.4) is 0 Å². The molecule has 1 atom stereocenters. The number of rotatable bonds is 3. The molecule has 0 N–H and O–H groups in total. The Kier molecular flexibility index (Phi) is 7.14. The maximum absolute atomic E-state index is 6.32. The second-order valence-corrected chi connectivity index (χ2v) is 17.0. The third-order valence-corrected chi connectivity index (χ3v) is 11.0. The number of fused-ring (bicyclic) bond motifs is 5. The molecule has 0 saturated heterocycles. The minimum Gasteiger partial charge on any atom is -0.475 e. The zero-order valence-electron chi connectivity index (χ0n) is 31.1. The Balaban J connectivity index is 1.42. The van der Waals surface area contributed by atoms with Crippen LogP contribution in [0.2, 0.25) is 0 Å². The lowest BCUT2D eigenvalue weighted by atomic mass is 9.73. The SMILES string of the molecule is Cc1cc(C)c(N2c3ccccc3C(C)(C)c3cc4c5ccccc5n(-c5cc(C(C)(C)C)ccn5)c4cc32)cc1C1=N[C@H](C(C)(C)C)CO1. The van der Waals surface area contributed by atoms with Crippen LogP contribution in [-0.2, 0) is 15.6 Å². The normalized spacial score (nSPS) is 17.1. The van der Waals surface area contributed by atoms with E-state index in [-0.39, 0.29) is 22.3 Å². The number of nitrogens with zero attached hydrogens (tertiary/aromatic N) is 4. The molecular formula is C45H48N4O. The van der Waals surface area contributed by atoms with Crippen LogP contribution in [0.5, 0.6) is 0 Å². The molecule has 0 saturated carbocycles. The molecule has 0 unspecified atom stereocenters. The first-order valence-electron chi connectivity index (χ1n) is 17.9. The maximum Gasteiger partial charge on any atom is 0.216 e. The Morgan fingerprint density at radius 3 is 2.20 bits per heavy atom. The summed E-state index contributed by atoms with van der Waals surface area (Å²) in [5.41, 5.74) is 12.9. The van der Waals surface area contributed by atoms with Crippen molar-refractivity contribution in [3.63, 3.8) is 0 Å². The molecule has 0 bridgehead atoms. The van der Waals surface area contributed by atoms with E-state index in [2.05, 4.69) is 164 Å². The number of hydrogen-bond acceptors (Lipinski definition) is 4. The summed E-state index contributed by atoms with van der Waals surface area (Å²) >= 11 is 0. The van der Waals surface area contributed by atoms with Gasteiger partial charge in [0.2, 0.25) is 5.90 Å². The number of aryl methyl sites for hydroxylation is 2. The molecule has 5 nitrogen and oxygen atoms in total. The van der Waals surface area contributed by atoms with Gasteiger partial charge in [-0.1, -0.05) is 97.9 Å². The van der Waals surface area contributed by atoms with Crippen molar-refractivity contribution in [1.82, 2.24) is 9.55 Å². The van der Waals surface area contributed by atoms with Crippen LogP contribution in [-0.4, -0.2) is 28.1 Å². The molecule has 0 fully saturated rings. The van der Waals surface area contributed by atoms with E-state index in [1.807, 2.05) is 6.20 Å². The molecule has 2 aliphatic heterocycles. The second kappa shape index (κ2) is 11.1. The minimum absolute atomic E-state index is 0.00104. The van der Waals surface area contributed by atoms with Crippen LogP contribution in [0.15, 0.2) is 96.1 Å². The Labute approximate surface area is 296 Å². The summed E-state index contributed by atoms with van der Waals surface area (Å²) in [6.45, 7) is 23.2. The summed E-state index contributed by atoms with van der Waals surface area (Å²) in [6.07, 6.45) is 1.95. The van der Waals surface area contributed by atoms with Crippen molar-refractivity contribution in [2.24, 2.45) is 10.4 Å². The topological polar surface area (TPSA) is 42.7 Å². The standard InChI is InChI=1S/C45H48N4O/c1-27-21-28(2)37(24-31(27)42-47-40(26-50-42)44(6,7)8)48-36-18-14-12-16-33(36)45(9,10)34-23-32-30-15-11-13-17-35(30)49(38(32)25-39(34)48)41-22-29(19-20-46-41)43(3,4)5/h11-25,40H,26H2,1-10H3/t40-/m0/s1. The number of ether oxygens (including phenoxy) is 1. The predicted octanol–water partition coefficient (Wildman–Crippen LogP) is 11.4. The Morgan fingerprint density at radius 2 is 1.46 bits per heavy atom. The summed E-state index contributed by atoms with van der Waals surface area (Å²) < 4.78 is 8.68. The number of aliphatic imine (C=N–C) groups is 1. The monoisotopic (exact) mass is 660 g/mol. The third-order valence-electron chi connectivity index (χ3n) is 11.0. The fraction of sp³-hybridized carbons (Fsp3) is 0.333. The van der Waals surface area contributed by atoms with E-state index in [1.54, 1.807) is 0 Å². The molecule has 2 aliphatic rings. The maximum atomic E-state index is 6.32. The van der Waals surface area contributed by atoms with Gasteiger partial charge in [0.1, 0.15) is 12.4 Å². The molecule has 5 heteroatoms. The zero-order valence-corrected chi connectivity index (χ0v) is 31.1. The Hall–Kier alpha value is -4.90. The van der Waals surface area contributed by atoms with Crippen molar-refractivity contribution in [3.05, 3.63) is 125 Å². The fourth-order valence-electron chi connectivity index (χ4n) is 7.95. The number of anilines is 3. The van der Waals surface area contributed by atoms with Crippen molar-refractivity contribution >= 4 is 44.8 Å². The van der Waals surface area contributed by atoms with Crippen molar-refractivity contribution in [1.29, 1.82) is 0 Å². The molecule has 0 aliphatic carbocycles. The second-order valence-electron chi connectivity index (χ2n) is 17.0. The molecule has 0 spiro atoms. The lowest BCUT2D eigenvalue weighted by Gasteiger charge is -2.42. The van der Waals surface area contributed by atoms with Crippen LogP contribution in [0, 0.1) is 19.3 Å². The van der Waals surface area contributed by atoms with E-state index in [1.165, 1.54) is 50.0 Å². The molecule has 254 valence electrons.